The van der Waals surface area contributed by atoms with Crippen molar-refractivity contribution >= 4 is 0 Å². The maximum absolute atomic E-state index is 10.0. The summed E-state index contributed by atoms with van der Waals surface area (Å²) >= 11 is 0. The second-order valence-electron chi connectivity index (χ2n) is 6.92. The van der Waals surface area contributed by atoms with Crippen LogP contribution in [0, 0.1) is 6.92 Å². The maximum atomic E-state index is 10.0. The third kappa shape index (κ3) is 3.14. The van der Waals surface area contributed by atoms with Crippen LogP contribution in [0.25, 0.3) is 0 Å². The summed E-state index contributed by atoms with van der Waals surface area (Å²) in [5, 5.41) is 14.2. The highest BCUT2D eigenvalue weighted by Gasteiger charge is 2.34. The van der Waals surface area contributed by atoms with Crippen LogP contribution in [0.3, 0.4) is 0 Å². The lowest BCUT2D eigenvalue weighted by molar-refractivity contribution is 0.0702. The average molecular weight is 329 g/mol. The molecule has 0 amide bonds. The van der Waals surface area contributed by atoms with Gasteiger partial charge in [-0.1, -0.05) is 5.16 Å². The van der Waals surface area contributed by atoms with E-state index >= 15 is 0 Å². The number of aromatic hydroxyl groups is 1. The lowest BCUT2D eigenvalue weighted by Gasteiger charge is -2.37. The van der Waals surface area contributed by atoms with Crippen LogP contribution in [-0.2, 0) is 6.54 Å². The molecular formula is C17H23N5O2. The summed E-state index contributed by atoms with van der Waals surface area (Å²) in [6, 6.07) is 3.62. The number of pyridine rings is 1. The van der Waals surface area contributed by atoms with Crippen molar-refractivity contribution in [2.75, 3.05) is 26.7 Å². The highest BCUT2D eigenvalue weighted by Crippen LogP contribution is 2.39. The van der Waals surface area contributed by atoms with E-state index in [1.807, 2.05) is 13.0 Å². The number of likely N-dealkylation sites (N-methyl/N-ethyl adjacent to an activating group) is 1. The van der Waals surface area contributed by atoms with Crippen LogP contribution in [0.4, 0.5) is 0 Å². The van der Waals surface area contributed by atoms with E-state index in [1.165, 1.54) is 12.8 Å². The molecule has 24 heavy (non-hydrogen) atoms. The molecule has 1 atom stereocenters. The predicted octanol–water partition coefficient (Wildman–Crippen LogP) is 1.84. The van der Waals surface area contributed by atoms with Crippen LogP contribution in [0.15, 0.2) is 16.7 Å². The van der Waals surface area contributed by atoms with E-state index in [1.54, 1.807) is 6.07 Å². The summed E-state index contributed by atoms with van der Waals surface area (Å²) in [5.74, 6) is 2.31. The average Bonchev–Trinajstić information content (AvgIpc) is 3.30. The van der Waals surface area contributed by atoms with Crippen LogP contribution in [0.2, 0.25) is 0 Å². The molecule has 4 rings (SSSR count). The Kier molecular flexibility index (Phi) is 3.97. The third-order valence-electron chi connectivity index (χ3n) is 4.88. The highest BCUT2D eigenvalue weighted by molar-refractivity contribution is 5.27. The highest BCUT2D eigenvalue weighted by atomic mass is 16.5. The van der Waals surface area contributed by atoms with Crippen LogP contribution in [0.5, 0.6) is 5.75 Å². The first kappa shape index (κ1) is 15.5. The monoisotopic (exact) mass is 329 g/mol. The molecule has 2 fully saturated rings. The van der Waals surface area contributed by atoms with Crippen molar-refractivity contribution in [3.05, 3.63) is 35.2 Å². The number of hydrogen-bond acceptors (Lipinski definition) is 7. The Labute approximate surface area is 141 Å². The molecule has 1 saturated heterocycles. The fourth-order valence-corrected chi connectivity index (χ4v) is 3.16. The van der Waals surface area contributed by atoms with Gasteiger partial charge in [0, 0.05) is 37.8 Å². The first-order valence-electron chi connectivity index (χ1n) is 8.51. The molecule has 2 aromatic rings. The normalized spacial score (nSPS) is 22.8. The second-order valence-corrected chi connectivity index (χ2v) is 6.92. The van der Waals surface area contributed by atoms with Crippen LogP contribution < -0.4 is 0 Å². The first-order valence-corrected chi connectivity index (χ1v) is 8.51. The van der Waals surface area contributed by atoms with Gasteiger partial charge in [0.1, 0.15) is 11.8 Å². The molecule has 1 aliphatic heterocycles. The van der Waals surface area contributed by atoms with Crippen molar-refractivity contribution in [2.24, 2.45) is 0 Å². The maximum Gasteiger partial charge on any atom is 0.245 e. The van der Waals surface area contributed by atoms with Gasteiger partial charge in [-0.3, -0.25) is 14.8 Å². The van der Waals surface area contributed by atoms with Crippen molar-refractivity contribution in [1.29, 1.82) is 0 Å². The summed E-state index contributed by atoms with van der Waals surface area (Å²) in [7, 11) is 2.09. The van der Waals surface area contributed by atoms with Gasteiger partial charge < -0.3 is 9.63 Å². The summed E-state index contributed by atoms with van der Waals surface area (Å²) in [6.07, 6.45) is 2.34. The second kappa shape index (κ2) is 6.14. The Hall–Kier alpha value is -1.99. The molecule has 7 heteroatoms. The summed E-state index contributed by atoms with van der Waals surface area (Å²) in [4.78, 5) is 13.6. The quantitative estimate of drug-likeness (QED) is 0.917. The van der Waals surface area contributed by atoms with Gasteiger partial charge in [0.25, 0.3) is 0 Å². The number of aromatic nitrogens is 3. The van der Waals surface area contributed by atoms with Crippen molar-refractivity contribution in [3.8, 4) is 5.75 Å². The Morgan fingerprint density at radius 2 is 2.08 bits per heavy atom. The van der Waals surface area contributed by atoms with Gasteiger partial charge in [-0.15, -0.1) is 0 Å². The third-order valence-corrected chi connectivity index (χ3v) is 4.88. The lowest BCUT2D eigenvalue weighted by atomic mass is 10.1. The van der Waals surface area contributed by atoms with E-state index in [9.17, 15) is 5.11 Å². The topological polar surface area (TPSA) is 78.5 Å². The minimum Gasteiger partial charge on any atom is -0.506 e. The number of piperazine rings is 1. The van der Waals surface area contributed by atoms with E-state index in [4.69, 9.17) is 4.52 Å². The zero-order valence-corrected chi connectivity index (χ0v) is 14.1. The van der Waals surface area contributed by atoms with Crippen molar-refractivity contribution in [3.63, 3.8) is 0 Å². The van der Waals surface area contributed by atoms with E-state index in [-0.39, 0.29) is 11.8 Å². The van der Waals surface area contributed by atoms with Crippen LogP contribution in [-0.4, -0.2) is 56.7 Å². The van der Waals surface area contributed by atoms with E-state index in [0.717, 1.165) is 36.8 Å². The van der Waals surface area contributed by atoms with Gasteiger partial charge in [0.05, 0.1) is 5.69 Å². The van der Waals surface area contributed by atoms with Crippen LogP contribution in [0.1, 0.15) is 47.9 Å². The molecule has 128 valence electrons. The first-order chi connectivity index (χ1) is 11.6. The standard InChI is InChI=1S/C17H23N5O2/c1-11-3-6-15(23)13(18-11)9-22-8-7-21(2)14(10-22)17-19-16(20-24-17)12-4-5-12/h3,6,12,14,23H,4-5,7-10H2,1-2H3. The van der Waals surface area contributed by atoms with Gasteiger partial charge in [-0.05, 0) is 38.9 Å². The Morgan fingerprint density at radius 1 is 1.25 bits per heavy atom. The Morgan fingerprint density at radius 3 is 2.88 bits per heavy atom. The van der Waals surface area contributed by atoms with Gasteiger partial charge in [-0.25, -0.2) is 0 Å². The van der Waals surface area contributed by atoms with Gasteiger partial charge in [0.15, 0.2) is 5.82 Å². The minimum absolute atomic E-state index is 0.0886. The fraction of sp³-hybridized carbons (Fsp3) is 0.588. The molecule has 1 saturated carbocycles. The molecule has 3 heterocycles. The molecule has 0 spiro atoms. The van der Waals surface area contributed by atoms with E-state index < -0.39 is 0 Å². The fourth-order valence-electron chi connectivity index (χ4n) is 3.16. The molecule has 2 aromatic heterocycles. The lowest BCUT2D eigenvalue weighted by Crippen LogP contribution is -2.46. The zero-order chi connectivity index (χ0) is 16.7. The number of aryl methyl sites for hydroxylation is 1. The summed E-state index contributed by atoms with van der Waals surface area (Å²) < 4.78 is 5.52. The van der Waals surface area contributed by atoms with Crippen molar-refractivity contribution in [1.82, 2.24) is 24.9 Å². The molecule has 1 aliphatic carbocycles. The number of nitrogens with zero attached hydrogens (tertiary/aromatic N) is 5. The summed E-state index contributed by atoms with van der Waals surface area (Å²) in [6.45, 7) is 5.19. The van der Waals surface area contributed by atoms with Crippen molar-refractivity contribution < 1.29 is 9.63 Å². The molecule has 7 nitrogen and oxygen atoms in total. The SMILES string of the molecule is Cc1ccc(O)c(CN2CCN(C)C(c3nc(C4CC4)no3)C2)n1. The molecule has 1 N–H and O–H groups in total. The number of rotatable bonds is 4. The van der Waals surface area contributed by atoms with Gasteiger partial charge in [-0.2, -0.15) is 4.98 Å². The molecule has 0 bridgehead atoms. The van der Waals surface area contributed by atoms with Gasteiger partial charge in [0.2, 0.25) is 5.89 Å². The largest absolute Gasteiger partial charge is 0.506 e. The predicted molar refractivity (Wildman–Crippen MR) is 87.6 cm³/mol. The minimum atomic E-state index is 0.0886. The molecule has 0 radical (unpaired) electrons. The smallest absolute Gasteiger partial charge is 0.245 e. The Bertz CT molecular complexity index is 728. The van der Waals surface area contributed by atoms with Crippen LogP contribution >= 0.6 is 0 Å². The Balaban J connectivity index is 1.48. The van der Waals surface area contributed by atoms with E-state index in [0.29, 0.717) is 18.4 Å². The molecule has 2 aliphatic rings. The summed E-state index contributed by atoms with van der Waals surface area (Å²) in [5.41, 5.74) is 1.64. The molecular weight excluding hydrogens is 306 g/mol. The van der Waals surface area contributed by atoms with Gasteiger partial charge >= 0.3 is 0 Å². The number of hydrogen-bond donors (Lipinski definition) is 1. The molecule has 1 unspecified atom stereocenters. The molecule has 0 aromatic carbocycles. The van der Waals surface area contributed by atoms with Crippen molar-refractivity contribution in [2.45, 2.75) is 38.3 Å². The van der Waals surface area contributed by atoms with E-state index in [2.05, 4.69) is 32.0 Å². The zero-order valence-electron chi connectivity index (χ0n) is 14.1.